The van der Waals surface area contributed by atoms with E-state index in [1.54, 1.807) is 0 Å². The van der Waals surface area contributed by atoms with E-state index < -0.39 is 0 Å². The summed E-state index contributed by atoms with van der Waals surface area (Å²) in [5.74, 6) is 0. The van der Waals surface area contributed by atoms with Crippen molar-refractivity contribution in [3.8, 4) is 56.1 Å². The molecule has 0 radical (unpaired) electrons. The highest BCUT2D eigenvalue weighted by molar-refractivity contribution is 6.15. The molecule has 12 rings (SSSR count). The predicted octanol–water partition coefficient (Wildman–Crippen LogP) is 13.4. The minimum atomic E-state index is 0.986. The van der Waals surface area contributed by atoms with Gasteiger partial charge < -0.3 is 9.13 Å². The average Bonchev–Trinajstić information content (AvgIpc) is 3.87. The van der Waals surface area contributed by atoms with E-state index in [-0.39, 0.29) is 0 Å². The molecule has 3 heterocycles. The Bertz CT molecular complexity index is 3330. The topological polar surface area (TPSA) is 22.8 Å². The second-order valence-corrected chi connectivity index (χ2v) is 14.4. The van der Waals surface area contributed by atoms with E-state index in [2.05, 4.69) is 197 Å². The maximum atomic E-state index is 5.33. The normalized spacial score (nSPS) is 12.1. The Kier molecular flexibility index (Phi) is 6.05. The number of hydrogen-bond acceptors (Lipinski definition) is 1. The fourth-order valence-corrected chi connectivity index (χ4v) is 9.04. The third kappa shape index (κ3) is 4.15. The van der Waals surface area contributed by atoms with Crippen LogP contribution in [0.25, 0.3) is 111 Å². The molecule has 3 aromatic heterocycles. The summed E-state index contributed by atoms with van der Waals surface area (Å²) >= 11 is 0. The van der Waals surface area contributed by atoms with Crippen molar-refractivity contribution in [1.29, 1.82) is 0 Å². The van der Waals surface area contributed by atoms with Gasteiger partial charge in [-0.2, -0.15) is 0 Å². The first-order chi connectivity index (χ1) is 26.8. The van der Waals surface area contributed by atoms with Gasteiger partial charge in [0.05, 0.1) is 33.5 Å². The van der Waals surface area contributed by atoms with E-state index in [1.807, 2.05) is 0 Å². The smallest absolute Gasteiger partial charge is 0.0800 e. The van der Waals surface area contributed by atoms with Crippen molar-refractivity contribution in [2.45, 2.75) is 0 Å². The number of nitrogens with zero attached hydrogens (tertiary/aromatic N) is 3. The third-order valence-electron chi connectivity index (χ3n) is 11.4. The largest absolute Gasteiger partial charge is 0.309 e. The summed E-state index contributed by atoms with van der Waals surface area (Å²) in [6, 6.07) is 68.4. The molecule has 0 unspecified atom stereocenters. The van der Waals surface area contributed by atoms with Crippen molar-refractivity contribution in [3.05, 3.63) is 188 Å². The monoisotopic (exact) mass is 685 g/mol. The third-order valence-corrected chi connectivity index (χ3v) is 11.4. The Hall–Kier alpha value is -7.23. The van der Waals surface area contributed by atoms with Crippen molar-refractivity contribution < 1.29 is 0 Å². The molecule has 1 aliphatic rings. The highest BCUT2D eigenvalue weighted by atomic mass is 15.0. The first-order valence-corrected chi connectivity index (χ1v) is 18.6. The van der Waals surface area contributed by atoms with Crippen molar-refractivity contribution in [2.75, 3.05) is 0 Å². The van der Waals surface area contributed by atoms with Crippen LogP contribution in [-0.2, 0) is 0 Å². The van der Waals surface area contributed by atoms with Crippen LogP contribution in [0.5, 0.6) is 0 Å². The molecular weight excluding hydrogens is 655 g/mol. The first kappa shape index (κ1) is 29.4. The van der Waals surface area contributed by atoms with Crippen LogP contribution in [0.15, 0.2) is 188 Å². The highest BCUT2D eigenvalue weighted by Gasteiger charge is 2.23. The van der Waals surface area contributed by atoms with Gasteiger partial charge in [-0.3, -0.25) is 0 Å². The van der Waals surface area contributed by atoms with Crippen molar-refractivity contribution in [1.82, 2.24) is 14.1 Å². The van der Waals surface area contributed by atoms with E-state index in [0.29, 0.717) is 0 Å². The molecule has 54 heavy (non-hydrogen) atoms. The van der Waals surface area contributed by atoms with Gasteiger partial charge in [-0.25, -0.2) is 4.98 Å². The van der Waals surface area contributed by atoms with Gasteiger partial charge in [-0.1, -0.05) is 127 Å². The lowest BCUT2D eigenvalue weighted by Gasteiger charge is -2.12. The fraction of sp³-hybridized carbons (Fsp3) is 0. The van der Waals surface area contributed by atoms with E-state index in [1.165, 1.54) is 87.9 Å². The van der Waals surface area contributed by atoms with Gasteiger partial charge in [0, 0.05) is 49.4 Å². The summed E-state index contributed by atoms with van der Waals surface area (Å²) in [4.78, 5) is 5.33. The van der Waals surface area contributed by atoms with Gasteiger partial charge in [0.25, 0.3) is 0 Å². The van der Waals surface area contributed by atoms with Gasteiger partial charge in [0.1, 0.15) is 0 Å². The minimum absolute atomic E-state index is 0.986. The van der Waals surface area contributed by atoms with Gasteiger partial charge in [-0.05, 0) is 88.3 Å². The second kappa shape index (κ2) is 11.1. The lowest BCUT2D eigenvalue weighted by atomic mass is 10.0. The van der Waals surface area contributed by atoms with Crippen molar-refractivity contribution in [3.63, 3.8) is 0 Å². The van der Waals surface area contributed by atoms with Crippen LogP contribution in [0.1, 0.15) is 0 Å². The van der Waals surface area contributed by atoms with Crippen LogP contribution in [0.2, 0.25) is 0 Å². The van der Waals surface area contributed by atoms with Crippen LogP contribution >= 0.6 is 0 Å². The SMILES string of the molecule is c1ccc(-n2c3ccccc3c3ccc(-c4ccc5c(c4)c4ccccc4n5-c4cccc(-c5cc6cccc7c6c(n5)-c5ccccc5-7)c4)cc32)cc1. The predicted molar refractivity (Wildman–Crippen MR) is 226 cm³/mol. The Balaban J connectivity index is 1.01. The Morgan fingerprint density at radius 3 is 1.80 bits per heavy atom. The maximum absolute atomic E-state index is 5.33. The lowest BCUT2D eigenvalue weighted by molar-refractivity contribution is 1.18. The molecule has 250 valence electrons. The standard InChI is InChI=1S/C51H31N3/c1-2-14-36(15-3-1)53-46-22-8-6-18-39(46)41-26-24-33(31-49(41)53)32-25-27-48-44(29-32)40-19-7-9-23-47(40)54(48)37-16-10-12-34(28-37)45-30-35-13-11-21-42-38-17-4-5-20-43(38)51(52-45)50(35)42/h1-31H. The molecule has 3 nitrogen and oxygen atoms in total. The molecule has 0 saturated carbocycles. The second-order valence-electron chi connectivity index (χ2n) is 14.4. The number of benzene rings is 8. The zero-order valence-electron chi connectivity index (χ0n) is 29.2. The first-order valence-electron chi connectivity index (χ1n) is 18.6. The summed E-state index contributed by atoms with van der Waals surface area (Å²) < 4.78 is 4.79. The van der Waals surface area contributed by atoms with Gasteiger partial charge in [0.15, 0.2) is 0 Å². The van der Waals surface area contributed by atoms with Crippen LogP contribution < -0.4 is 0 Å². The van der Waals surface area contributed by atoms with Crippen LogP contribution in [0, 0.1) is 0 Å². The maximum Gasteiger partial charge on any atom is 0.0800 e. The number of hydrogen-bond donors (Lipinski definition) is 0. The molecule has 0 N–H and O–H groups in total. The van der Waals surface area contributed by atoms with E-state index in [0.717, 1.165) is 22.6 Å². The number of fused-ring (bicyclic) bond motifs is 9. The molecule has 0 amide bonds. The summed E-state index contributed by atoms with van der Waals surface area (Å²) in [7, 11) is 0. The van der Waals surface area contributed by atoms with Gasteiger partial charge in [-0.15, -0.1) is 0 Å². The Morgan fingerprint density at radius 1 is 0.333 bits per heavy atom. The Labute approximate surface area is 311 Å². The quantitative estimate of drug-likeness (QED) is 0.181. The molecule has 11 aromatic rings. The zero-order valence-corrected chi connectivity index (χ0v) is 29.2. The summed E-state index contributed by atoms with van der Waals surface area (Å²) in [6.07, 6.45) is 0. The summed E-state index contributed by atoms with van der Waals surface area (Å²) in [5, 5.41) is 7.47. The van der Waals surface area contributed by atoms with Gasteiger partial charge >= 0.3 is 0 Å². The molecular formula is C51H31N3. The molecule has 0 spiro atoms. The van der Waals surface area contributed by atoms with Crippen LogP contribution in [-0.4, -0.2) is 14.1 Å². The summed E-state index contributed by atoms with van der Waals surface area (Å²) in [6.45, 7) is 0. The molecule has 8 aromatic carbocycles. The van der Waals surface area contributed by atoms with Crippen LogP contribution in [0.3, 0.4) is 0 Å². The molecule has 0 saturated heterocycles. The van der Waals surface area contributed by atoms with Crippen molar-refractivity contribution in [2.24, 2.45) is 0 Å². The van der Waals surface area contributed by atoms with E-state index in [4.69, 9.17) is 4.98 Å². The molecule has 1 aliphatic carbocycles. The molecule has 0 bridgehead atoms. The number of rotatable bonds is 4. The molecule has 0 aliphatic heterocycles. The van der Waals surface area contributed by atoms with E-state index in [9.17, 15) is 0 Å². The zero-order chi connectivity index (χ0) is 35.3. The minimum Gasteiger partial charge on any atom is -0.309 e. The molecule has 0 atom stereocenters. The van der Waals surface area contributed by atoms with Crippen LogP contribution in [0.4, 0.5) is 0 Å². The lowest BCUT2D eigenvalue weighted by Crippen LogP contribution is -1.95. The van der Waals surface area contributed by atoms with Gasteiger partial charge in [0.2, 0.25) is 0 Å². The highest BCUT2D eigenvalue weighted by Crippen LogP contribution is 2.47. The molecule has 3 heteroatoms. The fourth-order valence-electron chi connectivity index (χ4n) is 9.04. The van der Waals surface area contributed by atoms with E-state index >= 15 is 0 Å². The average molecular weight is 686 g/mol. The summed E-state index contributed by atoms with van der Waals surface area (Å²) in [5.41, 5.74) is 16.4. The Morgan fingerprint density at radius 2 is 0.944 bits per heavy atom. The number of aromatic nitrogens is 3. The number of para-hydroxylation sites is 3. The van der Waals surface area contributed by atoms with Crippen molar-refractivity contribution >= 4 is 54.4 Å². The number of pyridine rings is 1. The molecule has 0 fully saturated rings.